The summed E-state index contributed by atoms with van der Waals surface area (Å²) in [5.74, 6) is 0. The molecule has 96 valence electrons. The van der Waals surface area contributed by atoms with Crippen LogP contribution in [0, 0.1) is 0 Å². The molecule has 0 fully saturated rings. The van der Waals surface area contributed by atoms with E-state index in [0.717, 1.165) is 13.1 Å². The molecule has 0 saturated carbocycles. The lowest BCUT2D eigenvalue weighted by atomic mass is 10.1. The van der Waals surface area contributed by atoms with Crippen molar-refractivity contribution < 1.29 is 9.47 Å². The number of benzene rings is 1. The molecule has 0 aromatic heterocycles. The first-order chi connectivity index (χ1) is 8.27. The average Bonchev–Trinajstić information content (AvgIpc) is 2.36. The van der Waals surface area contributed by atoms with E-state index in [4.69, 9.17) is 9.47 Å². The second-order valence-electron chi connectivity index (χ2n) is 4.11. The van der Waals surface area contributed by atoms with Gasteiger partial charge in [-0.1, -0.05) is 37.3 Å². The van der Waals surface area contributed by atoms with Crippen molar-refractivity contribution in [2.75, 3.05) is 26.8 Å². The monoisotopic (exact) mass is 237 g/mol. The Morgan fingerprint density at radius 2 is 1.94 bits per heavy atom. The molecule has 0 bridgehead atoms. The minimum absolute atomic E-state index is 0.0845. The van der Waals surface area contributed by atoms with E-state index in [1.54, 1.807) is 7.11 Å². The van der Waals surface area contributed by atoms with Crippen molar-refractivity contribution in [1.29, 1.82) is 0 Å². The van der Waals surface area contributed by atoms with Gasteiger partial charge in [0.2, 0.25) is 0 Å². The third-order valence-electron chi connectivity index (χ3n) is 2.55. The van der Waals surface area contributed by atoms with E-state index in [2.05, 4.69) is 24.4 Å². The van der Waals surface area contributed by atoms with Crippen LogP contribution >= 0.6 is 0 Å². The van der Waals surface area contributed by atoms with E-state index in [0.29, 0.717) is 6.61 Å². The van der Waals surface area contributed by atoms with Gasteiger partial charge in [0, 0.05) is 13.7 Å². The van der Waals surface area contributed by atoms with Gasteiger partial charge in [-0.2, -0.15) is 0 Å². The number of likely N-dealkylation sites (N-methyl/N-ethyl adjacent to an activating group) is 1. The second-order valence-corrected chi connectivity index (χ2v) is 4.11. The zero-order chi connectivity index (χ0) is 12.5. The SMILES string of the molecule is CCNCC(OC(C)COC)c1ccccc1. The van der Waals surface area contributed by atoms with Crippen LogP contribution in [0.25, 0.3) is 0 Å². The molecule has 0 aliphatic rings. The Kier molecular flexibility index (Phi) is 6.86. The van der Waals surface area contributed by atoms with Crippen molar-refractivity contribution in [2.45, 2.75) is 26.1 Å². The van der Waals surface area contributed by atoms with Crippen molar-refractivity contribution in [2.24, 2.45) is 0 Å². The van der Waals surface area contributed by atoms with Crippen LogP contribution in [0.1, 0.15) is 25.5 Å². The van der Waals surface area contributed by atoms with Gasteiger partial charge in [-0.05, 0) is 19.0 Å². The van der Waals surface area contributed by atoms with Gasteiger partial charge in [-0.3, -0.25) is 0 Å². The Bertz CT molecular complexity index is 290. The Hall–Kier alpha value is -0.900. The molecule has 0 aliphatic carbocycles. The maximum absolute atomic E-state index is 5.99. The molecule has 2 atom stereocenters. The van der Waals surface area contributed by atoms with Gasteiger partial charge in [0.15, 0.2) is 0 Å². The number of rotatable bonds is 8. The molecule has 0 saturated heterocycles. The van der Waals surface area contributed by atoms with E-state index < -0.39 is 0 Å². The van der Waals surface area contributed by atoms with Crippen molar-refractivity contribution in [3.63, 3.8) is 0 Å². The molecule has 0 aliphatic heterocycles. The highest BCUT2D eigenvalue weighted by Crippen LogP contribution is 2.18. The molecule has 0 spiro atoms. The third kappa shape index (κ3) is 5.31. The summed E-state index contributed by atoms with van der Waals surface area (Å²) in [7, 11) is 1.70. The maximum atomic E-state index is 5.99. The first-order valence-electron chi connectivity index (χ1n) is 6.18. The molecule has 1 aromatic rings. The van der Waals surface area contributed by atoms with Crippen LogP contribution in [0.4, 0.5) is 0 Å². The predicted molar refractivity (Wildman–Crippen MR) is 70.1 cm³/mol. The summed E-state index contributed by atoms with van der Waals surface area (Å²) in [5, 5.41) is 3.33. The minimum atomic E-state index is 0.0845. The van der Waals surface area contributed by atoms with Crippen LogP contribution in [0.15, 0.2) is 30.3 Å². The molecule has 1 aromatic carbocycles. The lowest BCUT2D eigenvalue weighted by molar-refractivity contribution is -0.0391. The van der Waals surface area contributed by atoms with Crippen molar-refractivity contribution >= 4 is 0 Å². The number of nitrogens with one attached hydrogen (secondary N) is 1. The van der Waals surface area contributed by atoms with Gasteiger partial charge in [0.05, 0.1) is 18.8 Å². The fourth-order valence-corrected chi connectivity index (χ4v) is 1.74. The summed E-state index contributed by atoms with van der Waals surface area (Å²) < 4.78 is 11.1. The van der Waals surface area contributed by atoms with Crippen LogP contribution in [0.2, 0.25) is 0 Å². The molecule has 2 unspecified atom stereocenters. The van der Waals surface area contributed by atoms with Crippen LogP contribution < -0.4 is 5.32 Å². The van der Waals surface area contributed by atoms with E-state index in [-0.39, 0.29) is 12.2 Å². The van der Waals surface area contributed by atoms with E-state index >= 15 is 0 Å². The summed E-state index contributed by atoms with van der Waals surface area (Å²) >= 11 is 0. The van der Waals surface area contributed by atoms with Crippen LogP contribution in [0.3, 0.4) is 0 Å². The smallest absolute Gasteiger partial charge is 0.0954 e. The van der Waals surface area contributed by atoms with Crippen molar-refractivity contribution in [3.05, 3.63) is 35.9 Å². The lowest BCUT2D eigenvalue weighted by Gasteiger charge is -2.22. The Labute approximate surface area is 104 Å². The van der Waals surface area contributed by atoms with Crippen LogP contribution in [0.5, 0.6) is 0 Å². The van der Waals surface area contributed by atoms with Gasteiger partial charge in [0.25, 0.3) is 0 Å². The number of hydrogen-bond donors (Lipinski definition) is 1. The molecule has 17 heavy (non-hydrogen) atoms. The van der Waals surface area contributed by atoms with Gasteiger partial charge < -0.3 is 14.8 Å². The fraction of sp³-hybridized carbons (Fsp3) is 0.571. The number of ether oxygens (including phenoxy) is 2. The Morgan fingerprint density at radius 3 is 2.53 bits per heavy atom. The van der Waals surface area contributed by atoms with Crippen LogP contribution in [-0.4, -0.2) is 32.9 Å². The molecular weight excluding hydrogens is 214 g/mol. The van der Waals surface area contributed by atoms with E-state index in [9.17, 15) is 0 Å². The molecular formula is C14H23NO2. The first-order valence-corrected chi connectivity index (χ1v) is 6.18. The summed E-state index contributed by atoms with van der Waals surface area (Å²) in [4.78, 5) is 0. The highest BCUT2D eigenvalue weighted by molar-refractivity contribution is 5.18. The number of methoxy groups -OCH3 is 1. The molecule has 0 amide bonds. The zero-order valence-corrected chi connectivity index (χ0v) is 11.0. The highest BCUT2D eigenvalue weighted by atomic mass is 16.5. The Balaban J connectivity index is 2.60. The summed E-state index contributed by atoms with van der Waals surface area (Å²) in [6.45, 7) is 6.53. The van der Waals surface area contributed by atoms with Gasteiger partial charge in [-0.25, -0.2) is 0 Å². The first kappa shape index (κ1) is 14.2. The largest absolute Gasteiger partial charge is 0.382 e. The maximum Gasteiger partial charge on any atom is 0.0954 e. The average molecular weight is 237 g/mol. The third-order valence-corrected chi connectivity index (χ3v) is 2.55. The molecule has 1 N–H and O–H groups in total. The molecule has 3 nitrogen and oxygen atoms in total. The topological polar surface area (TPSA) is 30.5 Å². The van der Waals surface area contributed by atoms with E-state index in [1.807, 2.05) is 25.1 Å². The van der Waals surface area contributed by atoms with Crippen molar-refractivity contribution in [1.82, 2.24) is 5.32 Å². The van der Waals surface area contributed by atoms with Crippen molar-refractivity contribution in [3.8, 4) is 0 Å². The molecule has 0 radical (unpaired) electrons. The Morgan fingerprint density at radius 1 is 1.24 bits per heavy atom. The minimum Gasteiger partial charge on any atom is -0.382 e. The summed E-state index contributed by atoms with van der Waals surface area (Å²) in [5.41, 5.74) is 1.21. The molecule has 0 heterocycles. The van der Waals surface area contributed by atoms with Crippen LogP contribution in [-0.2, 0) is 9.47 Å². The molecule has 1 rings (SSSR count). The second kappa shape index (κ2) is 8.23. The fourth-order valence-electron chi connectivity index (χ4n) is 1.74. The highest BCUT2D eigenvalue weighted by Gasteiger charge is 2.14. The lowest BCUT2D eigenvalue weighted by Crippen LogP contribution is -2.27. The predicted octanol–water partition coefficient (Wildman–Crippen LogP) is 2.39. The zero-order valence-electron chi connectivity index (χ0n) is 11.0. The summed E-state index contributed by atoms with van der Waals surface area (Å²) in [6.07, 6.45) is 0.185. The van der Waals surface area contributed by atoms with Gasteiger partial charge in [-0.15, -0.1) is 0 Å². The number of hydrogen-bond acceptors (Lipinski definition) is 3. The van der Waals surface area contributed by atoms with E-state index in [1.165, 1.54) is 5.56 Å². The standard InChI is InChI=1S/C14H23NO2/c1-4-15-10-14(17-12(2)11-16-3)13-8-6-5-7-9-13/h5-9,12,14-15H,4,10-11H2,1-3H3. The van der Waals surface area contributed by atoms with Gasteiger partial charge >= 0.3 is 0 Å². The quantitative estimate of drug-likeness (QED) is 0.753. The van der Waals surface area contributed by atoms with Gasteiger partial charge in [0.1, 0.15) is 0 Å². The molecule has 3 heteroatoms. The normalized spacial score (nSPS) is 14.5. The summed E-state index contributed by atoms with van der Waals surface area (Å²) in [6, 6.07) is 10.3.